The Hall–Kier alpha value is -2.90. The fourth-order valence-corrected chi connectivity index (χ4v) is 3.72. The Bertz CT molecular complexity index is 974. The van der Waals surface area contributed by atoms with E-state index in [0.29, 0.717) is 5.57 Å². The molecule has 0 amide bonds. The van der Waals surface area contributed by atoms with Gasteiger partial charge in [-0.2, -0.15) is 5.26 Å². The monoisotopic (exact) mass is 387 g/mol. The van der Waals surface area contributed by atoms with Gasteiger partial charge in [0, 0.05) is 30.7 Å². The van der Waals surface area contributed by atoms with Gasteiger partial charge < -0.3 is 4.90 Å². The van der Waals surface area contributed by atoms with Crippen LogP contribution in [0.2, 0.25) is 0 Å². The fraction of sp³-hybridized carbons (Fsp3) is 0.250. The topological polar surface area (TPSA) is 39.9 Å². The molecular formula is C24H25N3S. The third-order valence-corrected chi connectivity index (χ3v) is 5.52. The average molecular weight is 388 g/mol. The maximum absolute atomic E-state index is 9.62. The molecule has 0 unspecified atom stereocenters. The molecular weight excluding hydrogens is 362 g/mol. The van der Waals surface area contributed by atoms with Crippen LogP contribution in [0.4, 0.5) is 5.69 Å². The van der Waals surface area contributed by atoms with Gasteiger partial charge in [-0.3, -0.25) is 0 Å². The summed E-state index contributed by atoms with van der Waals surface area (Å²) in [5, 5.41) is 12.4. The number of allylic oxidation sites excluding steroid dienone is 1. The second-order valence-corrected chi connectivity index (χ2v) is 7.85. The summed E-state index contributed by atoms with van der Waals surface area (Å²) < 4.78 is 0. The minimum absolute atomic E-state index is 0.591. The number of nitriles is 1. The first kappa shape index (κ1) is 19.9. The third-order valence-electron chi connectivity index (χ3n) is 4.64. The van der Waals surface area contributed by atoms with Crippen molar-refractivity contribution in [3.05, 3.63) is 70.0 Å². The van der Waals surface area contributed by atoms with Crippen LogP contribution >= 0.6 is 11.3 Å². The van der Waals surface area contributed by atoms with Crippen LogP contribution < -0.4 is 4.90 Å². The minimum atomic E-state index is 0.591. The van der Waals surface area contributed by atoms with Gasteiger partial charge in [-0.1, -0.05) is 49.7 Å². The molecule has 0 aliphatic rings. The molecule has 28 heavy (non-hydrogen) atoms. The summed E-state index contributed by atoms with van der Waals surface area (Å²) in [4.78, 5) is 6.76. The number of rotatable bonds is 7. The van der Waals surface area contributed by atoms with Crippen LogP contribution in [-0.4, -0.2) is 19.1 Å². The van der Waals surface area contributed by atoms with E-state index in [4.69, 9.17) is 4.98 Å². The summed E-state index contributed by atoms with van der Waals surface area (Å²) in [7, 11) is 4.03. The zero-order chi connectivity index (χ0) is 19.9. The number of hydrogen-bond donors (Lipinski definition) is 0. The number of hydrogen-bond acceptors (Lipinski definition) is 4. The van der Waals surface area contributed by atoms with Gasteiger partial charge >= 0.3 is 0 Å². The molecule has 142 valence electrons. The van der Waals surface area contributed by atoms with Crippen molar-refractivity contribution >= 4 is 28.7 Å². The molecule has 0 radical (unpaired) electrons. The summed E-state index contributed by atoms with van der Waals surface area (Å²) in [6.07, 6.45) is 5.44. The van der Waals surface area contributed by atoms with E-state index in [1.165, 1.54) is 29.7 Å². The van der Waals surface area contributed by atoms with Crippen molar-refractivity contribution in [2.45, 2.75) is 26.2 Å². The lowest BCUT2D eigenvalue weighted by Gasteiger charge is -2.11. The molecule has 0 aliphatic heterocycles. The fourth-order valence-electron chi connectivity index (χ4n) is 2.93. The Morgan fingerprint density at radius 2 is 1.82 bits per heavy atom. The standard InChI is InChI=1S/C24H25N3S/c1-4-5-6-18-7-11-20(12-8-18)23-17-28-24(26-23)21(16-25)15-19-9-13-22(14-10-19)27(2)3/h7-15,17H,4-6H2,1-3H3. The summed E-state index contributed by atoms with van der Waals surface area (Å²) in [5.41, 5.74) is 6.10. The molecule has 3 rings (SSSR count). The maximum Gasteiger partial charge on any atom is 0.134 e. The zero-order valence-electron chi connectivity index (χ0n) is 16.6. The summed E-state index contributed by atoms with van der Waals surface area (Å²) in [6.45, 7) is 2.21. The zero-order valence-corrected chi connectivity index (χ0v) is 17.5. The van der Waals surface area contributed by atoms with Crippen molar-refractivity contribution in [3.8, 4) is 17.3 Å². The van der Waals surface area contributed by atoms with Gasteiger partial charge in [0.05, 0.1) is 11.3 Å². The van der Waals surface area contributed by atoms with Gasteiger partial charge in [-0.05, 0) is 42.2 Å². The van der Waals surface area contributed by atoms with E-state index in [2.05, 4.69) is 42.2 Å². The van der Waals surface area contributed by atoms with Gasteiger partial charge in [0.1, 0.15) is 11.1 Å². The van der Waals surface area contributed by atoms with Gasteiger partial charge in [-0.25, -0.2) is 4.98 Å². The first-order valence-electron chi connectivity index (χ1n) is 9.55. The van der Waals surface area contributed by atoms with Crippen molar-refractivity contribution in [2.24, 2.45) is 0 Å². The number of benzene rings is 2. The lowest BCUT2D eigenvalue weighted by Crippen LogP contribution is -2.07. The SMILES string of the molecule is CCCCc1ccc(-c2csc(C(C#N)=Cc3ccc(N(C)C)cc3)n2)cc1. The molecule has 3 aromatic rings. The molecule has 2 aromatic carbocycles. The van der Waals surface area contributed by atoms with E-state index in [-0.39, 0.29) is 0 Å². The second kappa shape index (κ2) is 9.34. The molecule has 0 aliphatic carbocycles. The first-order valence-corrected chi connectivity index (χ1v) is 10.4. The first-order chi connectivity index (χ1) is 13.6. The van der Waals surface area contributed by atoms with Crippen molar-refractivity contribution in [1.29, 1.82) is 5.26 Å². The van der Waals surface area contributed by atoms with Crippen LogP contribution in [0.25, 0.3) is 22.9 Å². The Morgan fingerprint density at radius 1 is 1.11 bits per heavy atom. The van der Waals surface area contributed by atoms with Crippen LogP contribution in [-0.2, 0) is 6.42 Å². The highest BCUT2D eigenvalue weighted by Crippen LogP contribution is 2.28. The van der Waals surface area contributed by atoms with Crippen LogP contribution in [0.1, 0.15) is 35.9 Å². The molecule has 0 spiro atoms. The number of anilines is 1. The highest BCUT2D eigenvalue weighted by atomic mass is 32.1. The van der Waals surface area contributed by atoms with Crippen LogP contribution in [0.3, 0.4) is 0 Å². The van der Waals surface area contributed by atoms with Gasteiger partial charge in [-0.15, -0.1) is 11.3 Å². The van der Waals surface area contributed by atoms with Gasteiger partial charge in [0.15, 0.2) is 0 Å². The molecule has 0 saturated heterocycles. The Balaban J connectivity index is 1.80. The van der Waals surface area contributed by atoms with E-state index in [1.54, 1.807) is 0 Å². The van der Waals surface area contributed by atoms with Crippen molar-refractivity contribution in [1.82, 2.24) is 4.98 Å². The van der Waals surface area contributed by atoms with E-state index in [0.717, 1.165) is 33.9 Å². The second-order valence-electron chi connectivity index (χ2n) is 6.99. The van der Waals surface area contributed by atoms with Gasteiger partial charge in [0.2, 0.25) is 0 Å². The van der Waals surface area contributed by atoms with E-state index in [1.807, 2.05) is 49.8 Å². The highest BCUT2D eigenvalue weighted by molar-refractivity contribution is 7.11. The number of aromatic nitrogens is 1. The van der Waals surface area contributed by atoms with Crippen LogP contribution in [0.5, 0.6) is 0 Å². The maximum atomic E-state index is 9.62. The predicted octanol–water partition coefficient (Wildman–Crippen LogP) is 6.28. The smallest absolute Gasteiger partial charge is 0.134 e. The quantitative estimate of drug-likeness (QED) is 0.448. The Kier molecular flexibility index (Phi) is 6.62. The number of aryl methyl sites for hydroxylation is 1. The molecule has 1 heterocycles. The summed E-state index contributed by atoms with van der Waals surface area (Å²) >= 11 is 1.51. The molecule has 0 atom stereocenters. The Morgan fingerprint density at radius 3 is 2.43 bits per heavy atom. The third kappa shape index (κ3) is 4.88. The highest BCUT2D eigenvalue weighted by Gasteiger charge is 2.09. The molecule has 3 nitrogen and oxygen atoms in total. The van der Waals surface area contributed by atoms with Crippen LogP contribution in [0.15, 0.2) is 53.9 Å². The largest absolute Gasteiger partial charge is 0.378 e. The van der Waals surface area contributed by atoms with Crippen molar-refractivity contribution in [2.75, 3.05) is 19.0 Å². The van der Waals surface area contributed by atoms with Crippen LogP contribution in [0, 0.1) is 11.3 Å². The van der Waals surface area contributed by atoms with E-state index < -0.39 is 0 Å². The molecule has 0 bridgehead atoms. The normalized spacial score (nSPS) is 11.3. The van der Waals surface area contributed by atoms with Crippen molar-refractivity contribution < 1.29 is 0 Å². The average Bonchev–Trinajstić information content (AvgIpc) is 3.21. The lowest BCUT2D eigenvalue weighted by molar-refractivity contribution is 0.795. The molecule has 0 N–H and O–H groups in total. The van der Waals surface area contributed by atoms with E-state index in [9.17, 15) is 5.26 Å². The lowest BCUT2D eigenvalue weighted by atomic mass is 10.1. The van der Waals surface area contributed by atoms with Crippen molar-refractivity contribution in [3.63, 3.8) is 0 Å². The molecule has 0 saturated carbocycles. The number of nitrogens with zero attached hydrogens (tertiary/aromatic N) is 3. The summed E-state index contributed by atoms with van der Waals surface area (Å²) in [5.74, 6) is 0. The summed E-state index contributed by atoms with van der Waals surface area (Å²) in [6, 6.07) is 19.1. The number of unbranched alkanes of at least 4 members (excludes halogenated alkanes) is 1. The molecule has 0 fully saturated rings. The minimum Gasteiger partial charge on any atom is -0.378 e. The molecule has 1 aromatic heterocycles. The predicted molar refractivity (Wildman–Crippen MR) is 120 cm³/mol. The molecule has 4 heteroatoms. The number of thiazole rings is 1. The van der Waals surface area contributed by atoms with E-state index >= 15 is 0 Å². The van der Waals surface area contributed by atoms with Gasteiger partial charge in [0.25, 0.3) is 0 Å². The Labute approximate surface area is 171 Å².